The highest BCUT2D eigenvalue weighted by Gasteiger charge is 2.10. The van der Waals surface area contributed by atoms with Crippen LogP contribution in [0.1, 0.15) is 5.56 Å². The summed E-state index contributed by atoms with van der Waals surface area (Å²) in [5.41, 5.74) is 12.8. The second-order valence-electron chi connectivity index (χ2n) is 2.84. The maximum Gasteiger partial charge on any atom is 0.335 e. The van der Waals surface area contributed by atoms with E-state index in [4.69, 9.17) is 16.2 Å². The molecule has 14 heavy (non-hydrogen) atoms. The van der Waals surface area contributed by atoms with Crippen LogP contribution in [-0.4, -0.2) is 5.97 Å². The zero-order valence-corrected chi connectivity index (χ0v) is 7.91. The lowest BCUT2D eigenvalue weighted by Gasteiger charge is -2.10. The summed E-state index contributed by atoms with van der Waals surface area (Å²) in [6, 6.07) is 3.40. The van der Waals surface area contributed by atoms with Gasteiger partial charge in [-0.1, -0.05) is 12.6 Å². The number of carbonyl (C=O) groups is 1. The van der Waals surface area contributed by atoms with E-state index in [0.717, 1.165) is 11.6 Å². The van der Waals surface area contributed by atoms with Crippen LogP contribution in [0.25, 0.3) is 0 Å². The Balaban J connectivity index is 3.12. The minimum absolute atomic E-state index is 0.204. The third-order valence-corrected chi connectivity index (χ3v) is 1.81. The van der Waals surface area contributed by atoms with Crippen LogP contribution in [0.3, 0.4) is 0 Å². The van der Waals surface area contributed by atoms with Gasteiger partial charge in [0.15, 0.2) is 5.75 Å². The number of nitrogens with two attached hydrogens (primary N) is 2. The van der Waals surface area contributed by atoms with Crippen LogP contribution < -0.4 is 16.2 Å². The van der Waals surface area contributed by atoms with E-state index in [0.29, 0.717) is 11.4 Å². The first-order valence-electron chi connectivity index (χ1n) is 4.05. The molecule has 0 radical (unpaired) electrons. The molecule has 0 unspecified atom stereocenters. The van der Waals surface area contributed by atoms with Crippen LogP contribution >= 0.6 is 0 Å². The first-order chi connectivity index (χ1) is 6.56. The molecule has 4 N–H and O–H groups in total. The normalized spacial score (nSPS) is 9.50. The number of aryl methyl sites for hydroxylation is 1. The molecule has 0 fully saturated rings. The lowest BCUT2D eigenvalue weighted by Crippen LogP contribution is -2.08. The van der Waals surface area contributed by atoms with Crippen molar-refractivity contribution in [2.75, 3.05) is 11.5 Å². The SMILES string of the molecule is C=CC(=O)Oc1c(N)ccc(C)c1N. The van der Waals surface area contributed by atoms with Gasteiger partial charge in [0.2, 0.25) is 0 Å². The molecule has 0 saturated carbocycles. The molecule has 0 aliphatic carbocycles. The molecule has 0 saturated heterocycles. The number of hydrogen-bond donors (Lipinski definition) is 2. The number of esters is 1. The quantitative estimate of drug-likeness (QED) is 0.320. The molecule has 1 aromatic carbocycles. The van der Waals surface area contributed by atoms with Crippen molar-refractivity contribution in [2.24, 2.45) is 0 Å². The molecule has 0 atom stereocenters. The van der Waals surface area contributed by atoms with Crippen LogP contribution in [0.15, 0.2) is 24.8 Å². The van der Waals surface area contributed by atoms with Crippen molar-refractivity contribution in [3.8, 4) is 5.75 Å². The average molecular weight is 192 g/mol. The number of rotatable bonds is 2. The van der Waals surface area contributed by atoms with Crippen molar-refractivity contribution < 1.29 is 9.53 Å². The van der Waals surface area contributed by atoms with Crippen LogP contribution in [0.4, 0.5) is 11.4 Å². The molecule has 4 nitrogen and oxygen atoms in total. The molecule has 0 spiro atoms. The molecule has 0 heterocycles. The van der Waals surface area contributed by atoms with Crippen molar-refractivity contribution in [3.63, 3.8) is 0 Å². The Morgan fingerprint density at radius 2 is 2.14 bits per heavy atom. The van der Waals surface area contributed by atoms with Gasteiger partial charge >= 0.3 is 5.97 Å². The maximum atomic E-state index is 10.9. The van der Waals surface area contributed by atoms with E-state index >= 15 is 0 Å². The molecule has 0 amide bonds. The standard InChI is InChI=1S/C10H12N2O2/c1-3-8(13)14-10-7(11)5-4-6(2)9(10)12/h3-5H,1,11-12H2,2H3. The third-order valence-electron chi connectivity index (χ3n) is 1.81. The fraction of sp³-hybridized carbons (Fsp3) is 0.100. The number of hydrogen-bond acceptors (Lipinski definition) is 4. The second kappa shape index (κ2) is 3.83. The van der Waals surface area contributed by atoms with Gasteiger partial charge < -0.3 is 16.2 Å². The molecule has 0 aliphatic rings. The minimum Gasteiger partial charge on any atom is -0.419 e. The van der Waals surface area contributed by atoms with E-state index in [9.17, 15) is 4.79 Å². The lowest BCUT2D eigenvalue weighted by molar-refractivity contribution is -0.128. The Kier molecular flexibility index (Phi) is 2.76. The predicted molar refractivity (Wildman–Crippen MR) is 55.8 cm³/mol. The number of nitrogen functional groups attached to an aromatic ring is 2. The van der Waals surface area contributed by atoms with Gasteiger partial charge in [0, 0.05) is 6.08 Å². The molecule has 0 aromatic heterocycles. The summed E-state index contributed by atoms with van der Waals surface area (Å²) in [4.78, 5) is 10.9. The highest BCUT2D eigenvalue weighted by atomic mass is 16.5. The van der Waals surface area contributed by atoms with Crippen LogP contribution in [0.2, 0.25) is 0 Å². The van der Waals surface area contributed by atoms with Crippen molar-refractivity contribution in [2.45, 2.75) is 6.92 Å². The first-order valence-corrected chi connectivity index (χ1v) is 4.05. The van der Waals surface area contributed by atoms with Gasteiger partial charge in [-0.15, -0.1) is 0 Å². The Morgan fingerprint density at radius 3 is 2.71 bits per heavy atom. The summed E-state index contributed by atoms with van der Waals surface area (Å²) in [6.45, 7) is 5.09. The number of anilines is 2. The van der Waals surface area contributed by atoms with Crippen molar-refractivity contribution in [3.05, 3.63) is 30.4 Å². The second-order valence-corrected chi connectivity index (χ2v) is 2.84. The summed E-state index contributed by atoms with van der Waals surface area (Å²) >= 11 is 0. The van der Waals surface area contributed by atoms with Crippen molar-refractivity contribution in [1.29, 1.82) is 0 Å². The Bertz CT molecular complexity index is 386. The molecule has 0 bridgehead atoms. The van der Waals surface area contributed by atoms with Gasteiger partial charge in [0.25, 0.3) is 0 Å². The van der Waals surface area contributed by atoms with Gasteiger partial charge in [-0.25, -0.2) is 4.79 Å². The van der Waals surface area contributed by atoms with Gasteiger partial charge in [0.1, 0.15) is 0 Å². The molecular weight excluding hydrogens is 180 g/mol. The van der Waals surface area contributed by atoms with E-state index in [1.54, 1.807) is 19.1 Å². The van der Waals surface area contributed by atoms with Gasteiger partial charge in [-0.2, -0.15) is 0 Å². The zero-order valence-electron chi connectivity index (χ0n) is 7.91. The van der Waals surface area contributed by atoms with Crippen LogP contribution in [0, 0.1) is 6.92 Å². The molecular formula is C10H12N2O2. The third kappa shape index (κ3) is 1.85. The minimum atomic E-state index is -0.575. The zero-order chi connectivity index (χ0) is 10.7. The maximum absolute atomic E-state index is 10.9. The summed E-state index contributed by atoms with van der Waals surface area (Å²) in [7, 11) is 0. The van der Waals surface area contributed by atoms with E-state index in [1.165, 1.54) is 0 Å². The van der Waals surface area contributed by atoms with Crippen LogP contribution in [-0.2, 0) is 4.79 Å². The van der Waals surface area contributed by atoms with E-state index in [-0.39, 0.29) is 5.75 Å². The number of ether oxygens (including phenoxy) is 1. The summed E-state index contributed by atoms with van der Waals surface area (Å²) in [5.74, 6) is -0.371. The van der Waals surface area contributed by atoms with E-state index in [1.807, 2.05) is 0 Å². The van der Waals surface area contributed by atoms with Gasteiger partial charge in [-0.05, 0) is 18.6 Å². The molecule has 1 aromatic rings. The van der Waals surface area contributed by atoms with E-state index < -0.39 is 5.97 Å². The molecule has 4 heteroatoms. The fourth-order valence-electron chi connectivity index (χ4n) is 0.971. The summed E-state index contributed by atoms with van der Waals surface area (Å²) < 4.78 is 4.90. The molecule has 1 rings (SSSR count). The van der Waals surface area contributed by atoms with Gasteiger partial charge in [-0.3, -0.25) is 0 Å². The number of benzene rings is 1. The van der Waals surface area contributed by atoms with Crippen LogP contribution in [0.5, 0.6) is 5.75 Å². The number of carbonyl (C=O) groups excluding carboxylic acids is 1. The topological polar surface area (TPSA) is 78.3 Å². The van der Waals surface area contributed by atoms with E-state index in [2.05, 4.69) is 6.58 Å². The molecule has 0 aliphatic heterocycles. The average Bonchev–Trinajstić information content (AvgIpc) is 2.18. The highest BCUT2D eigenvalue weighted by molar-refractivity contribution is 5.86. The Labute approximate surface area is 82.2 Å². The Hall–Kier alpha value is -1.97. The smallest absolute Gasteiger partial charge is 0.335 e. The van der Waals surface area contributed by atoms with Gasteiger partial charge in [0.05, 0.1) is 11.4 Å². The van der Waals surface area contributed by atoms with Crippen molar-refractivity contribution in [1.82, 2.24) is 0 Å². The first kappa shape index (κ1) is 10.1. The fourth-order valence-corrected chi connectivity index (χ4v) is 0.971. The highest BCUT2D eigenvalue weighted by Crippen LogP contribution is 2.31. The molecule has 74 valence electrons. The predicted octanol–water partition coefficient (Wildman–Crippen LogP) is 1.25. The summed E-state index contributed by atoms with van der Waals surface area (Å²) in [5, 5.41) is 0. The monoisotopic (exact) mass is 192 g/mol. The largest absolute Gasteiger partial charge is 0.419 e. The Morgan fingerprint density at radius 1 is 1.50 bits per heavy atom. The summed E-state index contributed by atoms with van der Waals surface area (Å²) in [6.07, 6.45) is 1.06. The lowest BCUT2D eigenvalue weighted by atomic mass is 10.1. The van der Waals surface area contributed by atoms with Crippen molar-refractivity contribution >= 4 is 17.3 Å².